The monoisotopic (exact) mass is 519 g/mol. The van der Waals surface area contributed by atoms with E-state index in [9.17, 15) is 27.9 Å². The number of hydrogen-bond donors (Lipinski definition) is 3. The Morgan fingerprint density at radius 2 is 1.78 bits per heavy atom. The van der Waals surface area contributed by atoms with Gasteiger partial charge in [-0.25, -0.2) is 0 Å². The average molecular weight is 520 g/mol. The van der Waals surface area contributed by atoms with Gasteiger partial charge in [0.2, 0.25) is 5.91 Å². The molecule has 3 aliphatic rings. The Balaban J connectivity index is 1.20. The van der Waals surface area contributed by atoms with E-state index in [1.807, 2.05) is 24.8 Å². The highest BCUT2D eigenvalue weighted by atomic mass is 19.4. The van der Waals surface area contributed by atoms with Crippen LogP contribution in [0, 0.1) is 19.8 Å². The maximum absolute atomic E-state index is 13.4. The Kier molecular flexibility index (Phi) is 6.54. The number of aromatic amines is 1. The van der Waals surface area contributed by atoms with Gasteiger partial charge < -0.3 is 15.3 Å². The number of rotatable bonds is 4. The number of aryl methyl sites for hydroxylation is 1. The van der Waals surface area contributed by atoms with E-state index in [0.717, 1.165) is 35.4 Å². The van der Waals surface area contributed by atoms with Crippen molar-refractivity contribution < 1.29 is 27.9 Å². The Morgan fingerprint density at radius 3 is 2.41 bits per heavy atom. The van der Waals surface area contributed by atoms with Crippen molar-refractivity contribution in [2.75, 3.05) is 0 Å². The first-order chi connectivity index (χ1) is 17.5. The van der Waals surface area contributed by atoms with Crippen LogP contribution in [0.4, 0.5) is 13.2 Å². The van der Waals surface area contributed by atoms with Crippen LogP contribution >= 0.6 is 0 Å². The van der Waals surface area contributed by atoms with Gasteiger partial charge in [-0.1, -0.05) is 0 Å². The summed E-state index contributed by atoms with van der Waals surface area (Å²) in [5.74, 6) is -0.616. The summed E-state index contributed by atoms with van der Waals surface area (Å²) in [4.78, 5) is 32.5. The normalized spacial score (nSPS) is 29.8. The molecule has 3 atom stereocenters. The molecule has 11 heteroatoms. The van der Waals surface area contributed by atoms with Crippen molar-refractivity contribution in [2.24, 2.45) is 5.92 Å². The lowest BCUT2D eigenvalue weighted by Gasteiger charge is -2.40. The summed E-state index contributed by atoms with van der Waals surface area (Å²) in [6.07, 6.45) is -0.933. The lowest BCUT2D eigenvalue weighted by atomic mass is 9.81. The minimum atomic E-state index is -4.66. The molecule has 2 amide bonds. The zero-order chi connectivity index (χ0) is 26.5. The average Bonchev–Trinajstić information content (AvgIpc) is 3.43. The highest BCUT2D eigenvalue weighted by Gasteiger charge is 2.55. The quantitative estimate of drug-likeness (QED) is 0.569. The van der Waals surface area contributed by atoms with Crippen molar-refractivity contribution in [3.63, 3.8) is 0 Å². The summed E-state index contributed by atoms with van der Waals surface area (Å²) in [5.41, 5.74) is 1.27. The number of nitrogens with zero attached hydrogens (tertiary/aromatic N) is 3. The molecular weight excluding hydrogens is 487 g/mol. The van der Waals surface area contributed by atoms with E-state index in [4.69, 9.17) is 0 Å². The highest BCUT2D eigenvalue weighted by Crippen LogP contribution is 2.42. The van der Waals surface area contributed by atoms with Crippen molar-refractivity contribution in [3.8, 4) is 11.3 Å². The minimum absolute atomic E-state index is 0.0752. The van der Waals surface area contributed by atoms with Crippen molar-refractivity contribution in [2.45, 2.75) is 95.1 Å². The lowest BCUT2D eigenvalue weighted by molar-refractivity contribution is -0.270. The predicted octanol–water partition coefficient (Wildman–Crippen LogP) is 3.82. The molecule has 4 heterocycles. The van der Waals surface area contributed by atoms with Crippen LogP contribution in [0.15, 0.2) is 18.3 Å². The van der Waals surface area contributed by atoms with Gasteiger partial charge in [0.25, 0.3) is 5.91 Å². The summed E-state index contributed by atoms with van der Waals surface area (Å²) in [6, 6.07) is 3.11. The van der Waals surface area contributed by atoms with Crippen molar-refractivity contribution in [1.29, 1.82) is 0 Å². The second-order valence-electron chi connectivity index (χ2n) is 10.8. The van der Waals surface area contributed by atoms with Crippen molar-refractivity contribution in [1.82, 2.24) is 25.4 Å². The number of halogens is 3. The van der Waals surface area contributed by atoms with Crippen LogP contribution in [0.25, 0.3) is 11.3 Å². The third kappa shape index (κ3) is 4.73. The molecule has 1 unspecified atom stereocenters. The lowest BCUT2D eigenvalue weighted by Crippen LogP contribution is -2.53. The zero-order valence-electron chi connectivity index (χ0n) is 20.9. The number of piperidine rings is 1. The van der Waals surface area contributed by atoms with E-state index in [1.165, 1.54) is 0 Å². The standard InChI is InChI=1S/C26H32F3N5O3/c1-14-15(2)30-10-7-20(14)21-13-22(33-32-21)24(36)34-18-3-4-19(34)12-16(11-18)23(35)31-17-5-8-25(37,9-6-17)26(27,28)29/h7,10,13,16-19,37H,3-6,8-9,11-12H2,1-2H3,(H,31,35)(H,32,33)/t16?,17?,18-,19+,25?. The van der Waals surface area contributed by atoms with E-state index in [-0.39, 0.29) is 48.7 Å². The van der Waals surface area contributed by atoms with Gasteiger partial charge in [-0.15, -0.1) is 0 Å². The summed E-state index contributed by atoms with van der Waals surface area (Å²) >= 11 is 0. The molecule has 0 radical (unpaired) electrons. The maximum atomic E-state index is 13.4. The molecule has 0 aromatic carbocycles. The van der Waals surface area contributed by atoms with Crippen LogP contribution in [0.3, 0.4) is 0 Å². The fourth-order valence-electron chi connectivity index (χ4n) is 6.20. The number of H-pyrrole nitrogens is 1. The number of carbonyl (C=O) groups is 2. The van der Waals surface area contributed by atoms with E-state index < -0.39 is 24.6 Å². The number of hydrogen-bond acceptors (Lipinski definition) is 5. The molecule has 2 aromatic rings. The molecule has 1 saturated carbocycles. The molecule has 3 fully saturated rings. The van der Waals surface area contributed by atoms with Gasteiger partial charge in [-0.3, -0.25) is 19.7 Å². The van der Waals surface area contributed by atoms with E-state index in [2.05, 4.69) is 20.5 Å². The topological polar surface area (TPSA) is 111 Å². The van der Waals surface area contributed by atoms with Gasteiger partial charge in [0, 0.05) is 41.5 Å². The van der Waals surface area contributed by atoms with Gasteiger partial charge in [-0.2, -0.15) is 18.3 Å². The van der Waals surface area contributed by atoms with E-state index in [1.54, 1.807) is 12.3 Å². The van der Waals surface area contributed by atoms with Crippen LogP contribution < -0.4 is 5.32 Å². The highest BCUT2D eigenvalue weighted by molar-refractivity contribution is 5.94. The smallest absolute Gasteiger partial charge is 0.380 e. The number of aromatic nitrogens is 3. The van der Waals surface area contributed by atoms with Crippen LogP contribution in [-0.2, 0) is 4.79 Å². The third-order valence-corrected chi connectivity index (χ3v) is 8.57. The summed E-state index contributed by atoms with van der Waals surface area (Å²) in [5, 5.41) is 20.0. The molecule has 3 N–H and O–H groups in total. The molecule has 2 bridgehead atoms. The molecule has 1 aliphatic carbocycles. The first kappa shape index (κ1) is 25.7. The van der Waals surface area contributed by atoms with Gasteiger partial charge >= 0.3 is 6.18 Å². The summed E-state index contributed by atoms with van der Waals surface area (Å²) in [6.45, 7) is 3.90. The van der Waals surface area contributed by atoms with E-state index >= 15 is 0 Å². The number of aliphatic hydroxyl groups is 1. The number of amides is 2. The molecule has 8 nitrogen and oxygen atoms in total. The maximum Gasteiger partial charge on any atom is 0.417 e. The van der Waals surface area contributed by atoms with Gasteiger partial charge in [0.15, 0.2) is 11.3 Å². The van der Waals surface area contributed by atoms with Gasteiger partial charge in [-0.05, 0) is 82.9 Å². The first-order valence-electron chi connectivity index (χ1n) is 12.9. The van der Waals surface area contributed by atoms with Gasteiger partial charge in [0.1, 0.15) is 0 Å². The number of fused-ring (bicyclic) bond motifs is 2. The summed E-state index contributed by atoms with van der Waals surface area (Å²) in [7, 11) is 0. The number of carbonyl (C=O) groups excluding carboxylic acids is 2. The zero-order valence-corrected chi connectivity index (χ0v) is 20.9. The Bertz CT molecular complexity index is 1170. The molecular formula is C26H32F3N5O3. The molecule has 200 valence electrons. The van der Waals surface area contributed by atoms with Crippen molar-refractivity contribution in [3.05, 3.63) is 35.3 Å². The Morgan fingerprint density at radius 1 is 1.14 bits per heavy atom. The van der Waals surface area contributed by atoms with Crippen LogP contribution in [0.5, 0.6) is 0 Å². The molecule has 0 spiro atoms. The number of nitrogens with one attached hydrogen (secondary N) is 2. The first-order valence-corrected chi connectivity index (χ1v) is 12.9. The number of pyridine rings is 1. The summed E-state index contributed by atoms with van der Waals surface area (Å²) < 4.78 is 39.2. The van der Waals surface area contributed by atoms with Crippen molar-refractivity contribution >= 4 is 11.8 Å². The van der Waals surface area contributed by atoms with Crippen LogP contribution in [0.1, 0.15) is 73.1 Å². The second-order valence-corrected chi connectivity index (χ2v) is 10.8. The fourth-order valence-corrected chi connectivity index (χ4v) is 6.20. The molecule has 2 saturated heterocycles. The SMILES string of the molecule is Cc1nccc(-c2cc(C(=O)N3[C@@H]4CC[C@H]3CC(C(=O)NC3CCC(O)(C(F)(F)F)CC3)C4)n[nH]2)c1C. The second kappa shape index (κ2) is 9.41. The van der Waals surface area contributed by atoms with Gasteiger partial charge in [0.05, 0.1) is 5.69 Å². The molecule has 5 rings (SSSR count). The van der Waals surface area contributed by atoms with Crippen LogP contribution in [-0.4, -0.2) is 66.9 Å². The Labute approximate surface area is 213 Å². The molecule has 37 heavy (non-hydrogen) atoms. The Hall–Kier alpha value is -2.95. The predicted molar refractivity (Wildman–Crippen MR) is 128 cm³/mol. The van der Waals surface area contributed by atoms with E-state index in [0.29, 0.717) is 18.5 Å². The third-order valence-electron chi connectivity index (χ3n) is 8.57. The molecule has 2 aromatic heterocycles. The van der Waals surface area contributed by atoms with Crippen LogP contribution in [0.2, 0.25) is 0 Å². The fraction of sp³-hybridized carbons (Fsp3) is 0.615. The largest absolute Gasteiger partial charge is 0.417 e. The minimum Gasteiger partial charge on any atom is -0.380 e. The molecule has 2 aliphatic heterocycles. The number of alkyl halides is 3.